The predicted molar refractivity (Wildman–Crippen MR) is 59.4 cm³/mol. The molecule has 0 saturated carbocycles. The molecule has 0 saturated heterocycles. The molecular formula is C11H11BrO2. The van der Waals surface area contributed by atoms with Gasteiger partial charge in [-0.15, -0.1) is 0 Å². The molecule has 0 atom stereocenters. The van der Waals surface area contributed by atoms with Crippen LogP contribution in [-0.4, -0.2) is 12.6 Å². The molecule has 1 aromatic rings. The predicted octanol–water partition coefficient (Wildman–Crippen LogP) is 3.14. The third kappa shape index (κ3) is 3.75. The van der Waals surface area contributed by atoms with Crippen LogP contribution in [0.5, 0.6) is 0 Å². The van der Waals surface area contributed by atoms with Gasteiger partial charge in [-0.1, -0.05) is 40.2 Å². The van der Waals surface area contributed by atoms with Crippen LogP contribution >= 0.6 is 15.9 Å². The van der Waals surface area contributed by atoms with E-state index in [-0.39, 0.29) is 5.97 Å². The summed E-state index contributed by atoms with van der Waals surface area (Å²) >= 11 is 3.14. The first-order chi connectivity index (χ1) is 6.84. The fraction of sp³-hybridized carbons (Fsp3) is 0.182. The van der Waals surface area contributed by atoms with Crippen LogP contribution in [0.1, 0.15) is 16.8 Å². The number of ether oxygens (including phenoxy) is 1. The molecule has 1 rings (SSSR count). The van der Waals surface area contributed by atoms with Crippen molar-refractivity contribution in [2.45, 2.75) is 6.42 Å². The number of carbonyl (C=O) groups excluding carboxylic acids is 1. The van der Waals surface area contributed by atoms with E-state index in [1.807, 2.05) is 24.3 Å². The summed E-state index contributed by atoms with van der Waals surface area (Å²) in [5.41, 5.74) is 0.593. The highest BCUT2D eigenvalue weighted by Gasteiger charge is 2.03. The first-order valence-corrected chi connectivity index (χ1v) is 5.23. The van der Waals surface area contributed by atoms with Crippen molar-refractivity contribution in [1.82, 2.24) is 0 Å². The van der Waals surface area contributed by atoms with Crippen LogP contribution in [0, 0.1) is 0 Å². The zero-order valence-corrected chi connectivity index (χ0v) is 9.24. The second-order valence-corrected chi connectivity index (χ2v) is 3.18. The first kappa shape index (κ1) is 11.0. The SMILES string of the molecule is O=C(OCC/C=C\Br)c1ccccc1. The van der Waals surface area contributed by atoms with Gasteiger partial charge in [-0.3, -0.25) is 0 Å². The molecule has 2 nitrogen and oxygen atoms in total. The van der Waals surface area contributed by atoms with Crippen LogP contribution < -0.4 is 0 Å². The van der Waals surface area contributed by atoms with Crippen molar-refractivity contribution < 1.29 is 9.53 Å². The van der Waals surface area contributed by atoms with E-state index >= 15 is 0 Å². The fourth-order valence-corrected chi connectivity index (χ4v) is 1.20. The zero-order valence-electron chi connectivity index (χ0n) is 7.65. The van der Waals surface area contributed by atoms with Crippen molar-refractivity contribution >= 4 is 21.9 Å². The van der Waals surface area contributed by atoms with E-state index in [0.717, 1.165) is 6.42 Å². The lowest BCUT2D eigenvalue weighted by Gasteiger charge is -2.01. The highest BCUT2D eigenvalue weighted by molar-refractivity contribution is 9.11. The summed E-state index contributed by atoms with van der Waals surface area (Å²) in [6.45, 7) is 0.413. The molecule has 0 spiro atoms. The number of hydrogen-bond acceptors (Lipinski definition) is 2. The Morgan fingerprint density at radius 2 is 2.07 bits per heavy atom. The average Bonchev–Trinajstić information content (AvgIpc) is 2.25. The molecule has 0 N–H and O–H groups in total. The Morgan fingerprint density at radius 3 is 2.71 bits per heavy atom. The minimum atomic E-state index is -0.270. The van der Waals surface area contributed by atoms with E-state index in [9.17, 15) is 4.79 Å². The van der Waals surface area contributed by atoms with Gasteiger partial charge >= 0.3 is 5.97 Å². The maximum atomic E-state index is 11.3. The summed E-state index contributed by atoms with van der Waals surface area (Å²) < 4.78 is 5.02. The van der Waals surface area contributed by atoms with Gasteiger partial charge < -0.3 is 4.74 Å². The summed E-state index contributed by atoms with van der Waals surface area (Å²) in [7, 11) is 0. The van der Waals surface area contributed by atoms with Gasteiger partial charge in [-0.25, -0.2) is 4.79 Å². The van der Waals surface area contributed by atoms with E-state index in [2.05, 4.69) is 15.9 Å². The largest absolute Gasteiger partial charge is 0.462 e. The maximum Gasteiger partial charge on any atom is 0.338 e. The van der Waals surface area contributed by atoms with Crippen LogP contribution in [0.25, 0.3) is 0 Å². The lowest BCUT2D eigenvalue weighted by Crippen LogP contribution is -2.05. The van der Waals surface area contributed by atoms with E-state index in [4.69, 9.17) is 4.74 Å². The molecule has 0 aromatic heterocycles. The van der Waals surface area contributed by atoms with Gasteiger partial charge in [0.2, 0.25) is 0 Å². The Kier molecular flexibility index (Phi) is 5.00. The molecule has 0 aliphatic rings. The second-order valence-electron chi connectivity index (χ2n) is 2.65. The molecule has 0 aliphatic carbocycles. The number of rotatable bonds is 4. The molecule has 0 amide bonds. The van der Waals surface area contributed by atoms with Gasteiger partial charge in [-0.05, 0) is 17.1 Å². The Labute approximate surface area is 91.7 Å². The van der Waals surface area contributed by atoms with Crippen LogP contribution in [0.4, 0.5) is 0 Å². The molecule has 1 aromatic carbocycles. The van der Waals surface area contributed by atoms with Crippen molar-refractivity contribution in [3.63, 3.8) is 0 Å². The van der Waals surface area contributed by atoms with Crippen LogP contribution in [0.3, 0.4) is 0 Å². The number of hydrogen-bond donors (Lipinski definition) is 0. The number of halogens is 1. The topological polar surface area (TPSA) is 26.3 Å². The number of carbonyl (C=O) groups is 1. The van der Waals surface area contributed by atoms with E-state index in [0.29, 0.717) is 12.2 Å². The smallest absolute Gasteiger partial charge is 0.338 e. The third-order valence-electron chi connectivity index (χ3n) is 1.62. The van der Waals surface area contributed by atoms with E-state index < -0.39 is 0 Å². The number of esters is 1. The Bertz CT molecular complexity index is 306. The Balaban J connectivity index is 2.36. The van der Waals surface area contributed by atoms with Crippen molar-refractivity contribution in [2.75, 3.05) is 6.61 Å². The summed E-state index contributed by atoms with van der Waals surface area (Å²) in [4.78, 5) is 13.1. The van der Waals surface area contributed by atoms with Gasteiger partial charge in [0.15, 0.2) is 0 Å². The van der Waals surface area contributed by atoms with Crippen molar-refractivity contribution in [3.8, 4) is 0 Å². The van der Waals surface area contributed by atoms with Gasteiger partial charge in [0.05, 0.1) is 12.2 Å². The quantitative estimate of drug-likeness (QED) is 0.610. The third-order valence-corrected chi connectivity index (χ3v) is 1.99. The minimum absolute atomic E-state index is 0.270. The summed E-state index contributed by atoms with van der Waals surface area (Å²) in [5, 5.41) is 0. The summed E-state index contributed by atoms with van der Waals surface area (Å²) in [6, 6.07) is 8.97. The summed E-state index contributed by atoms with van der Waals surface area (Å²) in [6.07, 6.45) is 2.61. The monoisotopic (exact) mass is 254 g/mol. The lowest BCUT2D eigenvalue weighted by atomic mass is 10.2. The molecule has 0 bridgehead atoms. The first-order valence-electron chi connectivity index (χ1n) is 4.32. The number of benzene rings is 1. The maximum absolute atomic E-state index is 11.3. The second kappa shape index (κ2) is 6.38. The van der Waals surface area contributed by atoms with E-state index in [1.165, 1.54) is 0 Å². The molecule has 0 aliphatic heterocycles. The standard InChI is InChI=1S/C11H11BrO2/c12-8-4-5-9-14-11(13)10-6-2-1-3-7-10/h1-4,6-8H,5,9H2/b8-4-. The van der Waals surface area contributed by atoms with Gasteiger partial charge in [-0.2, -0.15) is 0 Å². The van der Waals surface area contributed by atoms with Gasteiger partial charge in [0.1, 0.15) is 0 Å². The highest BCUT2D eigenvalue weighted by atomic mass is 79.9. The van der Waals surface area contributed by atoms with Crippen LogP contribution in [0.2, 0.25) is 0 Å². The average molecular weight is 255 g/mol. The molecule has 0 radical (unpaired) electrons. The van der Waals surface area contributed by atoms with E-state index in [1.54, 1.807) is 17.1 Å². The van der Waals surface area contributed by atoms with Crippen LogP contribution in [-0.2, 0) is 4.74 Å². The molecule has 0 heterocycles. The molecule has 0 unspecified atom stereocenters. The highest BCUT2D eigenvalue weighted by Crippen LogP contribution is 2.01. The molecule has 74 valence electrons. The lowest BCUT2D eigenvalue weighted by molar-refractivity contribution is 0.0512. The molecular weight excluding hydrogens is 244 g/mol. The Morgan fingerprint density at radius 1 is 1.36 bits per heavy atom. The minimum Gasteiger partial charge on any atom is -0.462 e. The van der Waals surface area contributed by atoms with Crippen molar-refractivity contribution in [2.24, 2.45) is 0 Å². The normalized spacial score (nSPS) is 10.4. The van der Waals surface area contributed by atoms with Gasteiger partial charge in [0, 0.05) is 6.42 Å². The van der Waals surface area contributed by atoms with Gasteiger partial charge in [0.25, 0.3) is 0 Å². The summed E-state index contributed by atoms with van der Waals surface area (Å²) in [5.74, 6) is -0.270. The zero-order chi connectivity index (χ0) is 10.2. The van der Waals surface area contributed by atoms with Crippen LogP contribution in [0.15, 0.2) is 41.4 Å². The Hall–Kier alpha value is -1.09. The van der Waals surface area contributed by atoms with Crippen molar-refractivity contribution in [1.29, 1.82) is 0 Å². The van der Waals surface area contributed by atoms with Crippen molar-refractivity contribution in [3.05, 3.63) is 47.0 Å². The molecule has 0 fully saturated rings. The molecule has 3 heteroatoms. The molecule has 14 heavy (non-hydrogen) atoms. The fourth-order valence-electron chi connectivity index (χ4n) is 0.940.